The second-order valence-electron chi connectivity index (χ2n) is 3.50. The first kappa shape index (κ1) is 12.8. The lowest BCUT2D eigenvalue weighted by Crippen LogP contribution is -2.04. The van der Waals surface area contributed by atoms with E-state index in [0.29, 0.717) is 18.3 Å². The minimum Gasteiger partial charge on any atom is -0.494 e. The van der Waals surface area contributed by atoms with Crippen LogP contribution in [0.15, 0.2) is 24.3 Å². The fourth-order valence-electron chi connectivity index (χ4n) is 1.37. The van der Waals surface area contributed by atoms with Crippen LogP contribution in [-0.2, 0) is 6.54 Å². The van der Waals surface area contributed by atoms with E-state index in [4.69, 9.17) is 9.47 Å². The van der Waals surface area contributed by atoms with Crippen LogP contribution in [0, 0.1) is 0 Å². The molecule has 1 N–H and O–H groups in total. The van der Waals surface area contributed by atoms with Crippen LogP contribution in [0.4, 0.5) is 0 Å². The van der Waals surface area contributed by atoms with E-state index in [1.165, 1.54) is 11.3 Å². The van der Waals surface area contributed by atoms with Crippen LogP contribution in [0.3, 0.4) is 0 Å². The van der Waals surface area contributed by atoms with Crippen molar-refractivity contribution >= 4 is 11.3 Å². The third-order valence-electron chi connectivity index (χ3n) is 2.12. The van der Waals surface area contributed by atoms with Gasteiger partial charge in [0.2, 0.25) is 0 Å². The highest BCUT2D eigenvalue weighted by atomic mass is 32.1. The van der Waals surface area contributed by atoms with Gasteiger partial charge in [-0.1, -0.05) is 16.4 Å². The fourth-order valence-corrected chi connectivity index (χ4v) is 2.09. The zero-order chi connectivity index (χ0) is 12.8. The summed E-state index contributed by atoms with van der Waals surface area (Å²) in [4.78, 5) is 0. The third kappa shape index (κ3) is 3.41. The minimum atomic E-state index is 0.546. The first-order valence-corrected chi connectivity index (χ1v) is 6.51. The van der Waals surface area contributed by atoms with Gasteiger partial charge in [0.15, 0.2) is 0 Å². The van der Waals surface area contributed by atoms with Gasteiger partial charge in [-0.3, -0.25) is 0 Å². The van der Waals surface area contributed by atoms with Crippen LogP contribution in [0.5, 0.6) is 16.7 Å². The maximum Gasteiger partial charge on any atom is 0.299 e. The van der Waals surface area contributed by atoms with E-state index in [-0.39, 0.29) is 0 Å². The van der Waals surface area contributed by atoms with Crippen LogP contribution in [0.25, 0.3) is 0 Å². The molecular weight excluding hydrogens is 250 g/mol. The summed E-state index contributed by atoms with van der Waals surface area (Å²) in [5.74, 6) is 1.56. The molecule has 1 heterocycles. The van der Waals surface area contributed by atoms with Gasteiger partial charge in [-0.25, -0.2) is 0 Å². The predicted molar refractivity (Wildman–Crippen MR) is 70.4 cm³/mol. The van der Waals surface area contributed by atoms with Gasteiger partial charge in [-0.05, 0) is 38.2 Å². The van der Waals surface area contributed by atoms with Gasteiger partial charge in [0.05, 0.1) is 6.61 Å². The Bertz CT molecular complexity index is 484. The topological polar surface area (TPSA) is 56.3 Å². The van der Waals surface area contributed by atoms with Gasteiger partial charge in [-0.2, -0.15) is 0 Å². The first-order valence-electron chi connectivity index (χ1n) is 5.69. The maximum atomic E-state index is 5.60. The highest BCUT2D eigenvalue weighted by molar-refractivity contribution is 7.13. The summed E-state index contributed by atoms with van der Waals surface area (Å²) in [6, 6.07) is 7.44. The molecule has 0 aliphatic heterocycles. The number of ether oxygens (including phenoxy) is 2. The molecule has 0 radical (unpaired) electrons. The van der Waals surface area contributed by atoms with Crippen molar-refractivity contribution in [3.8, 4) is 16.7 Å². The highest BCUT2D eigenvalue weighted by Crippen LogP contribution is 2.26. The van der Waals surface area contributed by atoms with Crippen molar-refractivity contribution in [1.29, 1.82) is 0 Å². The molecule has 2 aromatic rings. The molecule has 0 fully saturated rings. The van der Waals surface area contributed by atoms with E-state index in [2.05, 4.69) is 15.5 Å². The zero-order valence-electron chi connectivity index (χ0n) is 10.3. The van der Waals surface area contributed by atoms with Gasteiger partial charge in [0.25, 0.3) is 5.19 Å². The standard InChI is InChI=1S/C12H15N3O2S/c1-3-16-9-4-6-10(7-5-9)17-12-15-14-11(18-12)8-13-2/h4-7,13H,3,8H2,1-2H3. The van der Waals surface area contributed by atoms with Gasteiger partial charge < -0.3 is 14.8 Å². The van der Waals surface area contributed by atoms with Crippen molar-refractivity contribution in [3.63, 3.8) is 0 Å². The molecular formula is C12H15N3O2S. The van der Waals surface area contributed by atoms with Crippen molar-refractivity contribution in [3.05, 3.63) is 29.3 Å². The summed E-state index contributed by atoms with van der Waals surface area (Å²) in [7, 11) is 1.87. The van der Waals surface area contributed by atoms with E-state index in [0.717, 1.165) is 16.5 Å². The summed E-state index contributed by atoms with van der Waals surface area (Å²) in [6.45, 7) is 3.31. The summed E-state index contributed by atoms with van der Waals surface area (Å²) in [5.41, 5.74) is 0. The fraction of sp³-hybridized carbons (Fsp3) is 0.333. The molecule has 1 aromatic heterocycles. The van der Waals surface area contributed by atoms with E-state index in [1.807, 2.05) is 38.2 Å². The normalized spacial score (nSPS) is 10.3. The summed E-state index contributed by atoms with van der Waals surface area (Å²) < 4.78 is 11.0. The Morgan fingerprint density at radius 2 is 1.89 bits per heavy atom. The van der Waals surface area contributed by atoms with Gasteiger partial charge in [0, 0.05) is 6.54 Å². The number of hydrogen-bond acceptors (Lipinski definition) is 6. The SMILES string of the molecule is CCOc1ccc(Oc2nnc(CNC)s2)cc1. The van der Waals surface area contributed by atoms with Crippen molar-refractivity contribution in [2.45, 2.75) is 13.5 Å². The van der Waals surface area contributed by atoms with Crippen molar-refractivity contribution in [2.24, 2.45) is 0 Å². The van der Waals surface area contributed by atoms with Crippen LogP contribution >= 0.6 is 11.3 Å². The highest BCUT2D eigenvalue weighted by Gasteiger charge is 2.05. The molecule has 5 nitrogen and oxygen atoms in total. The number of hydrogen-bond donors (Lipinski definition) is 1. The molecule has 1 aromatic carbocycles. The van der Waals surface area contributed by atoms with E-state index in [1.54, 1.807) is 0 Å². The molecule has 2 rings (SSSR count). The molecule has 18 heavy (non-hydrogen) atoms. The molecule has 0 aliphatic rings. The smallest absolute Gasteiger partial charge is 0.299 e. The first-order chi connectivity index (χ1) is 8.81. The lowest BCUT2D eigenvalue weighted by atomic mass is 10.3. The Hall–Kier alpha value is -1.66. The molecule has 0 spiro atoms. The summed E-state index contributed by atoms with van der Waals surface area (Å²) in [5, 5.41) is 12.4. The van der Waals surface area contributed by atoms with E-state index < -0.39 is 0 Å². The molecule has 6 heteroatoms. The average Bonchev–Trinajstić information content (AvgIpc) is 2.80. The van der Waals surface area contributed by atoms with E-state index >= 15 is 0 Å². The number of benzene rings is 1. The van der Waals surface area contributed by atoms with E-state index in [9.17, 15) is 0 Å². The second-order valence-corrected chi connectivity index (χ2v) is 4.52. The van der Waals surface area contributed by atoms with Gasteiger partial charge in [-0.15, -0.1) is 5.10 Å². The Balaban J connectivity index is 1.99. The molecule has 0 atom stereocenters. The minimum absolute atomic E-state index is 0.546. The van der Waals surface area contributed by atoms with Crippen molar-refractivity contribution < 1.29 is 9.47 Å². The lowest BCUT2D eigenvalue weighted by Gasteiger charge is -2.04. The second kappa shape index (κ2) is 6.32. The Kier molecular flexibility index (Phi) is 4.49. The van der Waals surface area contributed by atoms with Crippen molar-refractivity contribution in [2.75, 3.05) is 13.7 Å². The Morgan fingerprint density at radius 3 is 2.56 bits per heavy atom. The third-order valence-corrected chi connectivity index (χ3v) is 2.92. The monoisotopic (exact) mass is 265 g/mol. The number of nitrogens with zero attached hydrogens (tertiary/aromatic N) is 2. The maximum absolute atomic E-state index is 5.60. The van der Waals surface area contributed by atoms with Crippen LogP contribution in [0.2, 0.25) is 0 Å². The Morgan fingerprint density at radius 1 is 1.17 bits per heavy atom. The zero-order valence-corrected chi connectivity index (χ0v) is 11.2. The quantitative estimate of drug-likeness (QED) is 0.869. The average molecular weight is 265 g/mol. The molecule has 0 aliphatic carbocycles. The lowest BCUT2D eigenvalue weighted by molar-refractivity contribution is 0.339. The number of aromatic nitrogens is 2. The van der Waals surface area contributed by atoms with Crippen LogP contribution < -0.4 is 14.8 Å². The van der Waals surface area contributed by atoms with Crippen LogP contribution in [-0.4, -0.2) is 23.9 Å². The largest absolute Gasteiger partial charge is 0.494 e. The Labute approximate surface area is 110 Å². The summed E-state index contributed by atoms with van der Waals surface area (Å²) in [6.07, 6.45) is 0. The summed E-state index contributed by atoms with van der Waals surface area (Å²) >= 11 is 1.43. The number of rotatable bonds is 6. The molecule has 0 saturated carbocycles. The predicted octanol–water partition coefficient (Wildman–Crippen LogP) is 2.45. The molecule has 0 unspecified atom stereocenters. The molecule has 0 amide bonds. The molecule has 0 bridgehead atoms. The van der Waals surface area contributed by atoms with Crippen LogP contribution in [0.1, 0.15) is 11.9 Å². The van der Waals surface area contributed by atoms with Gasteiger partial charge in [0.1, 0.15) is 16.5 Å². The number of nitrogens with one attached hydrogen (secondary N) is 1. The molecule has 96 valence electrons. The molecule has 0 saturated heterocycles. The van der Waals surface area contributed by atoms with Crippen molar-refractivity contribution in [1.82, 2.24) is 15.5 Å². The van der Waals surface area contributed by atoms with Gasteiger partial charge >= 0.3 is 0 Å².